The van der Waals surface area contributed by atoms with E-state index in [2.05, 4.69) is 4.74 Å². The van der Waals surface area contributed by atoms with Crippen LogP contribution in [0.15, 0.2) is 42.5 Å². The lowest BCUT2D eigenvalue weighted by atomic mass is 10.0. The van der Waals surface area contributed by atoms with E-state index in [1.807, 2.05) is 0 Å². The summed E-state index contributed by atoms with van der Waals surface area (Å²) in [5.41, 5.74) is 0.574. The first kappa shape index (κ1) is 13.2. The van der Waals surface area contributed by atoms with E-state index < -0.39 is 17.9 Å². The molecule has 0 heterocycles. The molecule has 2 rings (SSSR count). The summed E-state index contributed by atoms with van der Waals surface area (Å²) in [6.07, 6.45) is -4.76. The molecule has 2 nitrogen and oxygen atoms in total. The number of hydrogen-bond donors (Lipinski definition) is 1. The highest BCUT2D eigenvalue weighted by molar-refractivity contribution is 5.70. The van der Waals surface area contributed by atoms with E-state index in [1.165, 1.54) is 24.3 Å². The van der Waals surface area contributed by atoms with Crippen LogP contribution in [-0.2, 0) is 0 Å². The Labute approximate surface area is 105 Å². The van der Waals surface area contributed by atoms with Crippen LogP contribution >= 0.6 is 0 Å². The van der Waals surface area contributed by atoms with Gasteiger partial charge in [-0.2, -0.15) is 0 Å². The van der Waals surface area contributed by atoms with E-state index in [9.17, 15) is 22.7 Å². The fourth-order valence-corrected chi connectivity index (χ4v) is 1.58. The van der Waals surface area contributed by atoms with Crippen LogP contribution in [0.4, 0.5) is 17.6 Å². The predicted octanol–water partition coefficient (Wildman–Crippen LogP) is 4.10. The molecular formula is C13H8F4O2. The van der Waals surface area contributed by atoms with Crippen LogP contribution in [0.1, 0.15) is 0 Å². The third kappa shape index (κ3) is 3.15. The average molecular weight is 272 g/mol. The molecule has 0 saturated carbocycles. The number of hydrogen-bond acceptors (Lipinski definition) is 2. The van der Waals surface area contributed by atoms with Gasteiger partial charge in [0.05, 0.1) is 0 Å². The number of ether oxygens (including phenoxy) is 1. The first-order valence-corrected chi connectivity index (χ1v) is 5.20. The van der Waals surface area contributed by atoms with Crippen molar-refractivity contribution in [1.29, 1.82) is 0 Å². The highest BCUT2D eigenvalue weighted by Crippen LogP contribution is 2.32. The summed E-state index contributed by atoms with van der Waals surface area (Å²) in [6.45, 7) is 0. The van der Waals surface area contributed by atoms with Gasteiger partial charge in [0.2, 0.25) is 0 Å². The summed E-state index contributed by atoms with van der Waals surface area (Å²) >= 11 is 0. The molecule has 1 N–H and O–H groups in total. The van der Waals surface area contributed by atoms with Gasteiger partial charge in [0.15, 0.2) is 11.6 Å². The van der Waals surface area contributed by atoms with Crippen molar-refractivity contribution in [2.45, 2.75) is 6.36 Å². The Bertz CT molecular complexity index is 576. The molecule has 0 radical (unpaired) electrons. The van der Waals surface area contributed by atoms with Crippen LogP contribution in [0, 0.1) is 5.82 Å². The first-order chi connectivity index (χ1) is 8.87. The molecule has 0 aliphatic heterocycles. The van der Waals surface area contributed by atoms with E-state index in [1.54, 1.807) is 0 Å². The smallest absolute Gasteiger partial charge is 0.504 e. The van der Waals surface area contributed by atoms with Crippen LogP contribution < -0.4 is 4.74 Å². The monoisotopic (exact) mass is 272 g/mol. The molecule has 0 amide bonds. The molecule has 0 unspecified atom stereocenters. The maximum absolute atomic E-state index is 13.1. The summed E-state index contributed by atoms with van der Waals surface area (Å²) in [7, 11) is 0. The fourth-order valence-electron chi connectivity index (χ4n) is 1.58. The summed E-state index contributed by atoms with van der Waals surface area (Å²) in [5, 5.41) is 9.52. The molecule has 19 heavy (non-hydrogen) atoms. The van der Waals surface area contributed by atoms with Crippen LogP contribution in [0.25, 0.3) is 11.1 Å². The summed E-state index contributed by atoms with van der Waals surface area (Å²) in [6, 6.07) is 8.72. The maximum Gasteiger partial charge on any atom is 0.573 e. The van der Waals surface area contributed by atoms with Gasteiger partial charge in [-0.1, -0.05) is 24.3 Å². The Morgan fingerprint density at radius 2 is 1.58 bits per heavy atom. The molecule has 0 bridgehead atoms. The number of benzene rings is 2. The van der Waals surface area contributed by atoms with E-state index in [-0.39, 0.29) is 11.3 Å². The minimum Gasteiger partial charge on any atom is -0.504 e. The van der Waals surface area contributed by atoms with Gasteiger partial charge in [-0.25, -0.2) is 4.39 Å². The summed E-state index contributed by atoms with van der Waals surface area (Å²) < 4.78 is 52.8. The number of phenolic OH excluding ortho intramolecular Hbond substituents is 1. The highest BCUT2D eigenvalue weighted by Gasteiger charge is 2.30. The van der Waals surface area contributed by atoms with Crippen LogP contribution in [0.5, 0.6) is 11.5 Å². The molecule has 0 atom stereocenters. The normalized spacial score (nSPS) is 11.4. The van der Waals surface area contributed by atoms with Gasteiger partial charge >= 0.3 is 6.36 Å². The minimum atomic E-state index is -4.76. The fraction of sp³-hybridized carbons (Fsp3) is 0.0769. The van der Waals surface area contributed by atoms with E-state index >= 15 is 0 Å². The molecular weight excluding hydrogens is 264 g/mol. The minimum absolute atomic E-state index is 0.193. The van der Waals surface area contributed by atoms with Gasteiger partial charge in [-0.15, -0.1) is 13.2 Å². The van der Waals surface area contributed by atoms with Crippen LogP contribution in [-0.4, -0.2) is 11.5 Å². The number of aromatic hydroxyl groups is 1. The topological polar surface area (TPSA) is 29.5 Å². The summed E-state index contributed by atoms with van der Waals surface area (Å²) in [5.74, 6) is -1.73. The number of para-hydroxylation sites is 1. The Morgan fingerprint density at radius 3 is 2.16 bits per heavy atom. The number of alkyl halides is 3. The lowest BCUT2D eigenvalue weighted by Gasteiger charge is -2.10. The van der Waals surface area contributed by atoms with Crippen molar-refractivity contribution < 1.29 is 27.4 Å². The average Bonchev–Trinajstić information content (AvgIpc) is 2.32. The molecule has 0 spiro atoms. The molecule has 0 aliphatic carbocycles. The number of phenols is 1. The zero-order valence-electron chi connectivity index (χ0n) is 9.41. The van der Waals surface area contributed by atoms with Crippen molar-refractivity contribution in [3.05, 3.63) is 48.3 Å². The standard InChI is InChI=1S/C13H8F4O2/c14-11-3-1-2-10(12(11)18)8-4-6-9(7-5-8)19-13(15,16)17/h1-7,18H. The second kappa shape index (κ2) is 4.79. The van der Waals surface area contributed by atoms with Gasteiger partial charge in [0.25, 0.3) is 0 Å². The maximum atomic E-state index is 13.1. The quantitative estimate of drug-likeness (QED) is 0.834. The third-order valence-corrected chi connectivity index (χ3v) is 2.39. The van der Waals surface area contributed by atoms with Crippen molar-refractivity contribution in [3.8, 4) is 22.6 Å². The Balaban J connectivity index is 2.30. The molecule has 2 aromatic rings. The van der Waals surface area contributed by atoms with Crippen LogP contribution in [0.2, 0.25) is 0 Å². The second-order valence-corrected chi connectivity index (χ2v) is 3.71. The largest absolute Gasteiger partial charge is 0.573 e. The third-order valence-electron chi connectivity index (χ3n) is 2.39. The Kier molecular flexibility index (Phi) is 3.33. The van der Waals surface area contributed by atoms with Gasteiger partial charge in [-0.3, -0.25) is 0 Å². The molecule has 100 valence electrons. The highest BCUT2D eigenvalue weighted by atomic mass is 19.4. The van der Waals surface area contributed by atoms with E-state index in [0.29, 0.717) is 5.56 Å². The van der Waals surface area contributed by atoms with Gasteiger partial charge < -0.3 is 9.84 Å². The Morgan fingerprint density at radius 1 is 0.947 bits per heavy atom. The zero-order valence-corrected chi connectivity index (χ0v) is 9.41. The SMILES string of the molecule is Oc1c(F)cccc1-c1ccc(OC(F)(F)F)cc1. The van der Waals surface area contributed by atoms with E-state index in [4.69, 9.17) is 0 Å². The van der Waals surface area contributed by atoms with Crippen LogP contribution in [0.3, 0.4) is 0 Å². The zero-order chi connectivity index (χ0) is 14.0. The van der Waals surface area contributed by atoms with E-state index in [0.717, 1.165) is 18.2 Å². The second-order valence-electron chi connectivity index (χ2n) is 3.71. The first-order valence-electron chi connectivity index (χ1n) is 5.20. The molecule has 6 heteroatoms. The van der Waals surface area contributed by atoms with Crippen molar-refractivity contribution >= 4 is 0 Å². The van der Waals surface area contributed by atoms with Gasteiger partial charge in [-0.05, 0) is 23.8 Å². The van der Waals surface area contributed by atoms with Crippen molar-refractivity contribution in [2.75, 3.05) is 0 Å². The van der Waals surface area contributed by atoms with Gasteiger partial charge in [0.1, 0.15) is 5.75 Å². The predicted molar refractivity (Wildman–Crippen MR) is 60.2 cm³/mol. The Hall–Kier alpha value is -2.24. The van der Waals surface area contributed by atoms with Crippen molar-refractivity contribution in [3.63, 3.8) is 0 Å². The van der Waals surface area contributed by atoms with Crippen molar-refractivity contribution in [2.24, 2.45) is 0 Å². The lowest BCUT2D eigenvalue weighted by molar-refractivity contribution is -0.274. The number of halogens is 4. The molecule has 0 saturated heterocycles. The number of rotatable bonds is 2. The lowest BCUT2D eigenvalue weighted by Crippen LogP contribution is -2.16. The molecule has 0 fully saturated rings. The van der Waals surface area contributed by atoms with Gasteiger partial charge in [0, 0.05) is 5.56 Å². The molecule has 2 aromatic carbocycles. The van der Waals surface area contributed by atoms with Crippen molar-refractivity contribution in [1.82, 2.24) is 0 Å². The molecule has 0 aliphatic rings. The molecule has 0 aromatic heterocycles. The summed E-state index contributed by atoms with van der Waals surface area (Å²) in [4.78, 5) is 0.